The number of piperidine rings is 1. The molecule has 0 radical (unpaired) electrons. The Hall–Kier alpha value is 0.150. The molecule has 0 bridgehead atoms. The first kappa shape index (κ1) is 16.2. The van der Waals surface area contributed by atoms with Gasteiger partial charge in [-0.25, -0.2) is 0 Å². The van der Waals surface area contributed by atoms with Gasteiger partial charge in [0.1, 0.15) is 0 Å². The zero-order valence-corrected chi connectivity index (χ0v) is 13.9. The molecule has 6 heteroatoms. The molecule has 0 aromatic carbocycles. The van der Waals surface area contributed by atoms with E-state index in [9.17, 15) is 4.79 Å². The van der Waals surface area contributed by atoms with E-state index in [1.54, 1.807) is 11.3 Å². The maximum atomic E-state index is 11.8. The van der Waals surface area contributed by atoms with Crippen LogP contribution in [0.5, 0.6) is 0 Å². The molecule has 1 atom stereocenters. The van der Waals surface area contributed by atoms with Crippen LogP contribution in [0.1, 0.15) is 29.6 Å². The predicted octanol–water partition coefficient (Wildman–Crippen LogP) is 2.89. The highest BCUT2D eigenvalue weighted by atomic mass is 127. The maximum absolute atomic E-state index is 11.8. The predicted molar refractivity (Wildman–Crippen MR) is 86.8 cm³/mol. The van der Waals surface area contributed by atoms with Crippen molar-refractivity contribution in [1.82, 2.24) is 10.6 Å². The van der Waals surface area contributed by atoms with Crippen molar-refractivity contribution in [3.8, 4) is 0 Å². The van der Waals surface area contributed by atoms with Crippen molar-refractivity contribution in [2.75, 3.05) is 19.6 Å². The van der Waals surface area contributed by atoms with Crippen LogP contribution in [0.2, 0.25) is 0 Å². The minimum Gasteiger partial charge on any atom is -0.352 e. The molecule has 1 unspecified atom stereocenters. The van der Waals surface area contributed by atoms with E-state index in [4.69, 9.17) is 0 Å². The molecule has 1 aliphatic heterocycles. The smallest absolute Gasteiger partial charge is 0.252 e. The van der Waals surface area contributed by atoms with Crippen LogP contribution in [0.4, 0.5) is 0 Å². The lowest BCUT2D eigenvalue weighted by Crippen LogP contribution is -2.33. The van der Waals surface area contributed by atoms with Gasteiger partial charge in [0.15, 0.2) is 0 Å². The monoisotopic (exact) mass is 400 g/mol. The van der Waals surface area contributed by atoms with Gasteiger partial charge in [-0.05, 0) is 66.9 Å². The standard InChI is InChI=1S/C12H17IN2OS.ClH/c13-11-6-10(8-17-11)12(16)15-5-3-9-2-1-4-14-7-9;/h6,8-9,14H,1-5,7H2,(H,15,16);1H. The molecule has 102 valence electrons. The summed E-state index contributed by atoms with van der Waals surface area (Å²) in [6.07, 6.45) is 3.64. The topological polar surface area (TPSA) is 41.1 Å². The Bertz CT molecular complexity index is 380. The lowest BCUT2D eigenvalue weighted by atomic mass is 9.96. The summed E-state index contributed by atoms with van der Waals surface area (Å²) in [5.74, 6) is 0.791. The minimum absolute atomic E-state index is 0. The van der Waals surface area contributed by atoms with Gasteiger partial charge in [-0.15, -0.1) is 23.7 Å². The number of carbonyl (C=O) groups is 1. The number of amides is 1. The van der Waals surface area contributed by atoms with Crippen molar-refractivity contribution in [1.29, 1.82) is 0 Å². The van der Waals surface area contributed by atoms with Crippen molar-refractivity contribution < 1.29 is 4.79 Å². The number of hydrogen-bond donors (Lipinski definition) is 2. The van der Waals surface area contributed by atoms with E-state index >= 15 is 0 Å². The fourth-order valence-electron chi connectivity index (χ4n) is 2.09. The second-order valence-corrected chi connectivity index (χ2v) is 7.20. The molecule has 18 heavy (non-hydrogen) atoms. The van der Waals surface area contributed by atoms with E-state index in [2.05, 4.69) is 33.2 Å². The highest BCUT2D eigenvalue weighted by molar-refractivity contribution is 14.1. The number of nitrogens with one attached hydrogen (secondary N) is 2. The molecule has 1 saturated heterocycles. The summed E-state index contributed by atoms with van der Waals surface area (Å²) in [4.78, 5) is 11.8. The van der Waals surface area contributed by atoms with Gasteiger partial charge in [0, 0.05) is 11.9 Å². The normalized spacial score (nSPS) is 19.1. The van der Waals surface area contributed by atoms with Gasteiger partial charge in [0.25, 0.3) is 5.91 Å². The molecular formula is C12H18ClIN2OS. The van der Waals surface area contributed by atoms with E-state index in [0.717, 1.165) is 40.4 Å². The Kier molecular flexibility index (Phi) is 7.51. The minimum atomic E-state index is 0. The number of halogens is 2. The van der Waals surface area contributed by atoms with Crippen LogP contribution < -0.4 is 10.6 Å². The first-order chi connectivity index (χ1) is 8.25. The molecule has 1 aromatic rings. The molecule has 0 saturated carbocycles. The van der Waals surface area contributed by atoms with E-state index in [1.165, 1.54) is 12.8 Å². The molecule has 2 rings (SSSR count). The first-order valence-corrected chi connectivity index (χ1v) is 7.94. The van der Waals surface area contributed by atoms with Gasteiger partial charge in [-0.2, -0.15) is 0 Å². The Morgan fingerprint density at radius 3 is 3.06 bits per heavy atom. The molecular weight excluding hydrogens is 383 g/mol. The van der Waals surface area contributed by atoms with E-state index < -0.39 is 0 Å². The van der Waals surface area contributed by atoms with Crippen LogP contribution in [0.25, 0.3) is 0 Å². The number of hydrogen-bond acceptors (Lipinski definition) is 3. The molecule has 1 aliphatic rings. The maximum Gasteiger partial charge on any atom is 0.252 e. The Labute approximate surface area is 132 Å². The van der Waals surface area contributed by atoms with Crippen LogP contribution in [-0.2, 0) is 0 Å². The van der Waals surface area contributed by atoms with Gasteiger partial charge in [0.2, 0.25) is 0 Å². The van der Waals surface area contributed by atoms with Gasteiger partial charge in [0.05, 0.1) is 8.45 Å². The summed E-state index contributed by atoms with van der Waals surface area (Å²) in [7, 11) is 0. The van der Waals surface area contributed by atoms with Crippen LogP contribution >= 0.6 is 46.3 Å². The third-order valence-electron chi connectivity index (χ3n) is 3.07. The highest BCUT2D eigenvalue weighted by Gasteiger charge is 2.13. The largest absolute Gasteiger partial charge is 0.352 e. The molecule has 3 nitrogen and oxygen atoms in total. The van der Waals surface area contributed by atoms with Crippen molar-refractivity contribution in [3.05, 3.63) is 19.9 Å². The number of carbonyl (C=O) groups excluding carboxylic acids is 1. The quantitative estimate of drug-likeness (QED) is 0.763. The molecule has 2 N–H and O–H groups in total. The zero-order chi connectivity index (χ0) is 12.1. The highest BCUT2D eigenvalue weighted by Crippen LogP contribution is 2.17. The van der Waals surface area contributed by atoms with Gasteiger partial charge in [-0.1, -0.05) is 0 Å². The lowest BCUT2D eigenvalue weighted by Gasteiger charge is -2.22. The van der Waals surface area contributed by atoms with Crippen LogP contribution in [0.15, 0.2) is 11.4 Å². The summed E-state index contributed by atoms with van der Waals surface area (Å²) in [6.45, 7) is 3.04. The Morgan fingerprint density at radius 1 is 1.61 bits per heavy atom. The molecule has 1 fully saturated rings. The summed E-state index contributed by atoms with van der Waals surface area (Å²) >= 11 is 3.85. The molecule has 1 aromatic heterocycles. The molecule has 0 spiro atoms. The van der Waals surface area contributed by atoms with Crippen molar-refractivity contribution >= 4 is 52.2 Å². The third-order valence-corrected chi connectivity index (χ3v) is 4.86. The summed E-state index contributed by atoms with van der Waals surface area (Å²) < 4.78 is 1.16. The van der Waals surface area contributed by atoms with Crippen LogP contribution in [0, 0.1) is 8.80 Å². The molecule has 1 amide bonds. The lowest BCUT2D eigenvalue weighted by molar-refractivity contribution is 0.0951. The molecule has 2 heterocycles. The zero-order valence-electron chi connectivity index (χ0n) is 10.1. The van der Waals surface area contributed by atoms with Crippen molar-refractivity contribution in [2.45, 2.75) is 19.3 Å². The Balaban J connectivity index is 0.00000162. The molecule has 0 aliphatic carbocycles. The fraction of sp³-hybridized carbons (Fsp3) is 0.583. The number of rotatable bonds is 4. The average Bonchev–Trinajstić information content (AvgIpc) is 2.77. The fourth-order valence-corrected chi connectivity index (χ4v) is 3.42. The summed E-state index contributed by atoms with van der Waals surface area (Å²) in [6, 6.07) is 1.93. The summed E-state index contributed by atoms with van der Waals surface area (Å²) in [5.41, 5.74) is 0.793. The van der Waals surface area contributed by atoms with Gasteiger partial charge >= 0.3 is 0 Å². The van der Waals surface area contributed by atoms with Crippen molar-refractivity contribution in [2.24, 2.45) is 5.92 Å². The van der Waals surface area contributed by atoms with Crippen molar-refractivity contribution in [3.63, 3.8) is 0 Å². The van der Waals surface area contributed by atoms with E-state index in [0.29, 0.717) is 0 Å². The average molecular weight is 401 g/mol. The second kappa shape index (κ2) is 8.35. The summed E-state index contributed by atoms with van der Waals surface area (Å²) in [5, 5.41) is 8.31. The van der Waals surface area contributed by atoms with E-state index in [1.807, 2.05) is 11.4 Å². The first-order valence-electron chi connectivity index (χ1n) is 5.98. The van der Waals surface area contributed by atoms with Crippen LogP contribution in [-0.4, -0.2) is 25.5 Å². The third kappa shape index (κ3) is 5.03. The SMILES string of the molecule is Cl.O=C(NCCC1CCCNC1)c1csc(I)c1. The van der Waals surface area contributed by atoms with Crippen LogP contribution in [0.3, 0.4) is 0 Å². The number of thiophene rings is 1. The van der Waals surface area contributed by atoms with E-state index in [-0.39, 0.29) is 18.3 Å². The van der Waals surface area contributed by atoms with Gasteiger partial charge in [-0.3, -0.25) is 4.79 Å². The second-order valence-electron chi connectivity index (χ2n) is 4.40. The van der Waals surface area contributed by atoms with Gasteiger partial charge < -0.3 is 10.6 Å². The Morgan fingerprint density at radius 2 is 2.44 bits per heavy atom.